The molecule has 0 aliphatic rings. The molecule has 0 saturated carbocycles. The summed E-state index contributed by atoms with van der Waals surface area (Å²) in [6, 6.07) is 14.7. The normalized spacial score (nSPS) is 11.3. The van der Waals surface area contributed by atoms with Crippen molar-refractivity contribution in [3.8, 4) is 10.8 Å². The van der Waals surface area contributed by atoms with E-state index in [-0.39, 0.29) is 22.0 Å². The summed E-state index contributed by atoms with van der Waals surface area (Å²) in [5.41, 5.74) is 1.92. The van der Waals surface area contributed by atoms with Crippen molar-refractivity contribution in [3.63, 3.8) is 0 Å². The van der Waals surface area contributed by atoms with E-state index >= 15 is 0 Å². The van der Waals surface area contributed by atoms with Crippen molar-refractivity contribution < 1.29 is 17.6 Å². The summed E-state index contributed by atoms with van der Waals surface area (Å²) < 4.78 is 33.5. The van der Waals surface area contributed by atoms with Crippen molar-refractivity contribution in [2.24, 2.45) is 0 Å². The molecule has 0 spiro atoms. The van der Waals surface area contributed by atoms with Crippen LogP contribution in [0.4, 0.5) is 5.69 Å². The molecular formula is C22H18ClN3O4S2. The predicted octanol–water partition coefficient (Wildman–Crippen LogP) is 5.10. The first-order valence-corrected chi connectivity index (χ1v) is 12.2. The van der Waals surface area contributed by atoms with Gasteiger partial charge < -0.3 is 9.73 Å². The molecule has 0 atom stereocenters. The monoisotopic (exact) mass is 487 g/mol. The molecule has 2 heterocycles. The number of sulfonamides is 1. The van der Waals surface area contributed by atoms with Gasteiger partial charge in [0.05, 0.1) is 32.6 Å². The van der Waals surface area contributed by atoms with Crippen molar-refractivity contribution in [1.29, 1.82) is 0 Å². The summed E-state index contributed by atoms with van der Waals surface area (Å²) in [7, 11) is -3.91. The molecule has 7 nitrogen and oxygen atoms in total. The average Bonchev–Trinajstić information content (AvgIpc) is 3.44. The standard InChI is InChI=1S/C22H18ClN3O4S2/c1-14-4-2-5-15(10-14)26-32(28,29)17-7-8-19(23)18(11-17)21(27)24-12-16-13-30-22(25-16)20-6-3-9-31-20/h2-11,13,26H,12H2,1H3,(H,24,27). The summed E-state index contributed by atoms with van der Waals surface area (Å²) in [6.07, 6.45) is 1.46. The SMILES string of the molecule is Cc1cccc(NS(=O)(=O)c2ccc(Cl)c(C(=O)NCc3coc(-c4cccs4)n3)c2)c1. The van der Waals surface area contributed by atoms with Gasteiger partial charge in [0.1, 0.15) is 6.26 Å². The molecule has 4 rings (SSSR count). The van der Waals surface area contributed by atoms with Gasteiger partial charge >= 0.3 is 0 Å². The highest BCUT2D eigenvalue weighted by molar-refractivity contribution is 7.92. The number of carbonyl (C=O) groups is 1. The van der Waals surface area contributed by atoms with Gasteiger partial charge in [-0.25, -0.2) is 13.4 Å². The van der Waals surface area contributed by atoms with E-state index in [1.807, 2.05) is 30.5 Å². The van der Waals surface area contributed by atoms with Crippen LogP contribution in [0.3, 0.4) is 0 Å². The minimum atomic E-state index is -3.91. The van der Waals surface area contributed by atoms with E-state index in [0.717, 1.165) is 10.4 Å². The molecule has 2 N–H and O–H groups in total. The van der Waals surface area contributed by atoms with E-state index in [0.29, 0.717) is 17.3 Å². The van der Waals surface area contributed by atoms with E-state index in [2.05, 4.69) is 15.0 Å². The van der Waals surface area contributed by atoms with Crippen LogP contribution in [0.2, 0.25) is 5.02 Å². The van der Waals surface area contributed by atoms with Crippen LogP contribution in [0.15, 0.2) is 75.6 Å². The zero-order valence-corrected chi connectivity index (χ0v) is 19.2. The Morgan fingerprint density at radius 2 is 2.00 bits per heavy atom. The van der Waals surface area contributed by atoms with Crippen LogP contribution in [0.5, 0.6) is 0 Å². The maximum absolute atomic E-state index is 12.8. The molecule has 1 amide bonds. The summed E-state index contributed by atoms with van der Waals surface area (Å²) >= 11 is 7.66. The second kappa shape index (κ2) is 9.15. The first-order valence-electron chi connectivity index (χ1n) is 9.47. The molecule has 0 saturated heterocycles. The van der Waals surface area contributed by atoms with Crippen molar-refractivity contribution >= 4 is 44.6 Å². The topological polar surface area (TPSA) is 101 Å². The molecule has 32 heavy (non-hydrogen) atoms. The average molecular weight is 488 g/mol. The van der Waals surface area contributed by atoms with Crippen LogP contribution in [0.1, 0.15) is 21.6 Å². The van der Waals surface area contributed by atoms with Gasteiger partial charge in [-0.3, -0.25) is 9.52 Å². The number of halogens is 1. The van der Waals surface area contributed by atoms with Crippen LogP contribution in [-0.2, 0) is 16.6 Å². The number of oxazole rings is 1. The Morgan fingerprint density at radius 3 is 2.75 bits per heavy atom. The fourth-order valence-corrected chi connectivity index (χ4v) is 4.87. The number of nitrogens with one attached hydrogen (secondary N) is 2. The smallest absolute Gasteiger partial charge is 0.261 e. The third-order valence-electron chi connectivity index (χ3n) is 4.48. The van der Waals surface area contributed by atoms with Crippen molar-refractivity contribution in [2.75, 3.05) is 4.72 Å². The lowest BCUT2D eigenvalue weighted by atomic mass is 10.2. The lowest BCUT2D eigenvalue weighted by Crippen LogP contribution is -2.24. The number of hydrogen-bond acceptors (Lipinski definition) is 6. The molecular weight excluding hydrogens is 470 g/mol. The number of nitrogens with zero attached hydrogens (tertiary/aromatic N) is 1. The van der Waals surface area contributed by atoms with Gasteiger partial charge in [-0.2, -0.15) is 0 Å². The third-order valence-corrected chi connectivity index (χ3v) is 7.04. The first-order chi connectivity index (χ1) is 15.3. The van der Waals surface area contributed by atoms with Crippen LogP contribution < -0.4 is 10.0 Å². The molecule has 0 aliphatic carbocycles. The number of benzene rings is 2. The van der Waals surface area contributed by atoms with Gasteiger partial charge in [0, 0.05) is 5.69 Å². The zero-order chi connectivity index (χ0) is 22.7. The van der Waals surface area contributed by atoms with Crippen molar-refractivity contribution in [3.05, 3.63) is 88.1 Å². The summed E-state index contributed by atoms with van der Waals surface area (Å²) in [4.78, 5) is 17.8. The van der Waals surface area contributed by atoms with Crippen LogP contribution in [0, 0.1) is 6.92 Å². The molecule has 0 bridgehead atoms. The molecule has 4 aromatic rings. The summed E-state index contributed by atoms with van der Waals surface area (Å²) in [6.45, 7) is 1.96. The Morgan fingerprint density at radius 1 is 1.16 bits per heavy atom. The van der Waals surface area contributed by atoms with E-state index in [4.69, 9.17) is 16.0 Å². The number of hydrogen-bond donors (Lipinski definition) is 2. The molecule has 10 heteroatoms. The van der Waals surface area contributed by atoms with Gasteiger partial charge in [0.25, 0.3) is 15.9 Å². The number of aryl methyl sites for hydroxylation is 1. The number of rotatable bonds is 7. The maximum Gasteiger partial charge on any atom is 0.261 e. The van der Waals surface area contributed by atoms with E-state index in [1.165, 1.54) is 35.8 Å². The fraction of sp³-hybridized carbons (Fsp3) is 0.0909. The number of anilines is 1. The highest BCUT2D eigenvalue weighted by atomic mass is 35.5. The third kappa shape index (κ3) is 5.01. The van der Waals surface area contributed by atoms with Crippen LogP contribution >= 0.6 is 22.9 Å². The Bertz CT molecular complexity index is 1370. The molecule has 0 aliphatic heterocycles. The Labute approximate surface area is 194 Å². The Balaban J connectivity index is 1.49. The second-order valence-corrected chi connectivity index (χ2v) is 9.96. The zero-order valence-electron chi connectivity index (χ0n) is 16.8. The summed E-state index contributed by atoms with van der Waals surface area (Å²) in [5.74, 6) is -0.0547. The number of thiophene rings is 1. The molecule has 2 aromatic heterocycles. The van der Waals surface area contributed by atoms with Gasteiger partial charge in [-0.1, -0.05) is 29.8 Å². The van der Waals surface area contributed by atoms with E-state index < -0.39 is 15.9 Å². The second-order valence-electron chi connectivity index (χ2n) is 6.92. The molecule has 2 aromatic carbocycles. The number of aromatic nitrogens is 1. The number of amides is 1. The fourth-order valence-electron chi connectivity index (χ4n) is 2.94. The van der Waals surface area contributed by atoms with Gasteiger partial charge in [-0.05, 0) is 54.3 Å². The highest BCUT2D eigenvalue weighted by Crippen LogP contribution is 2.25. The molecule has 0 radical (unpaired) electrons. The van der Waals surface area contributed by atoms with Gasteiger partial charge in [0.2, 0.25) is 5.89 Å². The minimum absolute atomic E-state index is 0.0424. The Kier molecular flexibility index (Phi) is 6.31. The van der Waals surface area contributed by atoms with Gasteiger partial charge in [0.15, 0.2) is 0 Å². The largest absolute Gasteiger partial charge is 0.443 e. The maximum atomic E-state index is 12.8. The lowest BCUT2D eigenvalue weighted by molar-refractivity contribution is 0.0950. The molecule has 0 unspecified atom stereocenters. The van der Waals surface area contributed by atoms with Crippen molar-refractivity contribution in [1.82, 2.24) is 10.3 Å². The van der Waals surface area contributed by atoms with E-state index in [9.17, 15) is 13.2 Å². The highest BCUT2D eigenvalue weighted by Gasteiger charge is 2.19. The predicted molar refractivity (Wildman–Crippen MR) is 124 cm³/mol. The first kappa shape index (κ1) is 22.1. The summed E-state index contributed by atoms with van der Waals surface area (Å²) in [5, 5.41) is 4.74. The van der Waals surface area contributed by atoms with Gasteiger partial charge in [-0.15, -0.1) is 11.3 Å². The minimum Gasteiger partial charge on any atom is -0.443 e. The Hall–Kier alpha value is -3.14. The van der Waals surface area contributed by atoms with E-state index in [1.54, 1.807) is 18.2 Å². The molecule has 0 fully saturated rings. The lowest BCUT2D eigenvalue weighted by Gasteiger charge is -2.11. The van der Waals surface area contributed by atoms with Crippen molar-refractivity contribution in [2.45, 2.75) is 18.4 Å². The quantitative estimate of drug-likeness (QED) is 0.378. The van der Waals surface area contributed by atoms with Crippen LogP contribution in [0.25, 0.3) is 10.8 Å². The van der Waals surface area contributed by atoms with Crippen LogP contribution in [-0.4, -0.2) is 19.3 Å². The molecule has 164 valence electrons. The number of carbonyl (C=O) groups excluding carboxylic acids is 1.